The number of rotatable bonds is 14. The lowest BCUT2D eigenvalue weighted by atomic mass is 10.0. The van der Waals surface area contributed by atoms with Crippen LogP contribution in [0.15, 0.2) is 215 Å². The fraction of sp³-hybridized carbons (Fsp3) is 0.174. The van der Waals surface area contributed by atoms with Crippen molar-refractivity contribution in [3.05, 3.63) is 266 Å². The van der Waals surface area contributed by atoms with E-state index in [1.54, 1.807) is 67.0 Å². The molecule has 0 spiro atoms. The van der Waals surface area contributed by atoms with E-state index in [9.17, 15) is 53.9 Å². The summed E-state index contributed by atoms with van der Waals surface area (Å²) in [5, 5.41) is 19.8. The number of H-pyrrole nitrogens is 1. The van der Waals surface area contributed by atoms with E-state index >= 15 is 0 Å². The number of aromatic amines is 1. The van der Waals surface area contributed by atoms with Crippen molar-refractivity contribution in [1.29, 1.82) is 0 Å². The van der Waals surface area contributed by atoms with Crippen molar-refractivity contribution < 1.29 is 58.8 Å². The molecule has 12 rings (SSSR count). The van der Waals surface area contributed by atoms with Crippen LogP contribution in [-0.2, 0) is 32.4 Å². The molecule has 94 heavy (non-hydrogen) atoms. The molecule has 0 saturated carbocycles. The van der Waals surface area contributed by atoms with Crippen LogP contribution in [0.25, 0.3) is 65.8 Å². The molecule has 0 aliphatic carbocycles. The smallest absolute Gasteiger partial charge is 0.406 e. The number of hydrogen-bond acceptors (Lipinski definition) is 13. The van der Waals surface area contributed by atoms with Gasteiger partial charge < -0.3 is 24.3 Å². The minimum atomic E-state index is -4.74. The highest BCUT2D eigenvalue weighted by Crippen LogP contribution is 2.31. The number of alkyl halides is 9. The summed E-state index contributed by atoms with van der Waals surface area (Å²) in [4.78, 5) is 57.2. The van der Waals surface area contributed by atoms with Crippen molar-refractivity contribution in [2.24, 2.45) is 0 Å². The number of aryl methyl sites for hydroxylation is 7. The molecule has 482 valence electrons. The number of hydrogen-bond donors (Lipinski definition) is 2. The van der Waals surface area contributed by atoms with E-state index in [1.807, 2.05) is 75.4 Å². The molecule has 0 atom stereocenters. The van der Waals surface area contributed by atoms with Gasteiger partial charge in [0.1, 0.15) is 17.2 Å². The highest BCUT2D eigenvalue weighted by molar-refractivity contribution is 5.87. The number of aliphatic hydroxyl groups is 1. The van der Waals surface area contributed by atoms with Gasteiger partial charge in [0.25, 0.3) is 16.7 Å². The molecule has 0 amide bonds. The number of aliphatic hydroxyl groups excluding tert-OH is 1. The first-order valence-corrected chi connectivity index (χ1v) is 28.8. The van der Waals surface area contributed by atoms with Crippen LogP contribution < -0.4 is 30.9 Å². The predicted molar refractivity (Wildman–Crippen MR) is 336 cm³/mol. The van der Waals surface area contributed by atoms with Crippen molar-refractivity contribution in [1.82, 2.24) is 44.5 Å². The van der Waals surface area contributed by atoms with Crippen LogP contribution in [0.3, 0.4) is 0 Å². The normalized spacial score (nSPS) is 11.4. The summed E-state index contributed by atoms with van der Waals surface area (Å²) in [6.45, 7) is 6.72. The molecule has 0 bridgehead atoms. The maximum Gasteiger partial charge on any atom is 0.573 e. The molecule has 6 aromatic carbocycles. The Bertz CT molecular complexity index is 4550. The standard InChI is InChI=1S/2C23H18F3N3O2.C15H9F3N2O2.C8H11NO/c2*1-15-3-2-4-19(28-15)11-12-29-22(30)21-13-17(5-6-18(21)14-27-29)16-7-9-20(10-8-16)31-23(24,25)26;16-15(17,18)22-11-4-1-9(2-5-11)10-3-6-13-12(7-10)14(21)20-8-19-13;1-7-3-2-4-8(9-7)5-6-10/h2*2-10,13-14H,11-12H2,1H3;1-8H,(H,19,20,21);2-4,10H,5-6H2,1H3. The van der Waals surface area contributed by atoms with Gasteiger partial charge in [0.15, 0.2) is 0 Å². The van der Waals surface area contributed by atoms with Crippen LogP contribution >= 0.6 is 0 Å². The van der Waals surface area contributed by atoms with E-state index < -0.39 is 19.1 Å². The van der Waals surface area contributed by atoms with Gasteiger partial charge in [0.2, 0.25) is 0 Å². The van der Waals surface area contributed by atoms with Gasteiger partial charge in [0.05, 0.1) is 53.5 Å². The quantitative estimate of drug-likeness (QED) is 0.0975. The first-order valence-electron chi connectivity index (χ1n) is 28.8. The van der Waals surface area contributed by atoms with Crippen LogP contribution in [-0.4, -0.2) is 75.3 Å². The third-order valence-electron chi connectivity index (χ3n) is 14.0. The van der Waals surface area contributed by atoms with Gasteiger partial charge in [-0.2, -0.15) is 10.2 Å². The summed E-state index contributed by atoms with van der Waals surface area (Å²) in [6.07, 6.45) is -7.83. The second-order valence-corrected chi connectivity index (χ2v) is 20.9. The first-order chi connectivity index (χ1) is 44.8. The number of aromatic nitrogens is 9. The molecule has 12 aromatic rings. The number of pyridine rings is 3. The van der Waals surface area contributed by atoms with E-state index in [1.165, 1.54) is 88.5 Å². The highest BCUT2D eigenvalue weighted by Gasteiger charge is 2.32. The summed E-state index contributed by atoms with van der Waals surface area (Å²) >= 11 is 0. The second kappa shape index (κ2) is 29.9. The van der Waals surface area contributed by atoms with Crippen LogP contribution in [0.1, 0.15) is 34.2 Å². The van der Waals surface area contributed by atoms with Crippen molar-refractivity contribution in [2.45, 2.75) is 72.2 Å². The third-order valence-corrected chi connectivity index (χ3v) is 14.0. The second-order valence-electron chi connectivity index (χ2n) is 20.9. The molecule has 6 aromatic heterocycles. The van der Waals surface area contributed by atoms with Gasteiger partial charge in [-0.15, -0.1) is 39.5 Å². The number of ether oxygens (including phenoxy) is 3. The Balaban J connectivity index is 0.000000156. The number of benzene rings is 6. The third kappa shape index (κ3) is 19.2. The average Bonchev–Trinajstić information content (AvgIpc) is 0.811. The van der Waals surface area contributed by atoms with Gasteiger partial charge in [-0.1, -0.05) is 84.9 Å². The molecule has 0 unspecified atom stereocenters. The van der Waals surface area contributed by atoms with E-state index in [0.717, 1.165) is 34.2 Å². The molecule has 0 aliphatic heterocycles. The molecule has 16 nitrogen and oxygen atoms in total. The van der Waals surface area contributed by atoms with Crippen molar-refractivity contribution in [2.75, 3.05) is 6.61 Å². The molecule has 6 heterocycles. The lowest BCUT2D eigenvalue weighted by molar-refractivity contribution is -0.275. The van der Waals surface area contributed by atoms with Gasteiger partial charge >= 0.3 is 19.1 Å². The number of fused-ring (bicyclic) bond motifs is 3. The SMILES string of the molecule is Cc1cccc(CCO)n1.Cc1cccc(CCn2ncc3ccc(-c4ccc(OC(F)(F)F)cc4)cc3c2=O)n1.Cc1cccc(CCn2ncc3ccc(-c4ccc(OC(F)(F)F)cc4)cc3c2=O)n1.O=c1[nH]cnc2ccc(-c3ccc(OC(F)(F)F)cc3)cc12. The number of halogens is 9. The van der Waals surface area contributed by atoms with Gasteiger partial charge in [0, 0.05) is 70.8 Å². The van der Waals surface area contributed by atoms with E-state index in [2.05, 4.69) is 49.3 Å². The van der Waals surface area contributed by atoms with Crippen molar-refractivity contribution >= 4 is 32.4 Å². The Morgan fingerprint density at radius 3 is 1.12 bits per heavy atom. The largest absolute Gasteiger partial charge is 0.573 e. The topological polar surface area (TPSA) is 202 Å². The lowest BCUT2D eigenvalue weighted by Gasteiger charge is -2.10. The summed E-state index contributed by atoms with van der Waals surface area (Å²) in [6, 6.07) is 49.4. The van der Waals surface area contributed by atoms with Gasteiger partial charge in [-0.25, -0.2) is 14.3 Å². The van der Waals surface area contributed by atoms with E-state index in [0.29, 0.717) is 98.2 Å². The van der Waals surface area contributed by atoms with E-state index in [-0.39, 0.29) is 40.5 Å². The van der Waals surface area contributed by atoms with E-state index in [4.69, 9.17) is 5.11 Å². The first kappa shape index (κ1) is 67.3. The van der Waals surface area contributed by atoms with Gasteiger partial charge in [-0.3, -0.25) is 29.3 Å². The maximum atomic E-state index is 12.9. The summed E-state index contributed by atoms with van der Waals surface area (Å²) in [5.41, 5.74) is 9.47. The van der Waals surface area contributed by atoms with Crippen LogP contribution in [0, 0.1) is 20.8 Å². The Hall–Kier alpha value is -11.1. The zero-order chi connectivity index (χ0) is 67.2. The number of nitrogens with zero attached hydrogens (tertiary/aromatic N) is 8. The minimum absolute atomic E-state index is 0.177. The summed E-state index contributed by atoms with van der Waals surface area (Å²) in [5.74, 6) is -0.891. The Labute approximate surface area is 529 Å². The molecule has 0 saturated heterocycles. The summed E-state index contributed by atoms with van der Waals surface area (Å²) < 4.78 is 125. The monoisotopic (exact) mass is 1290 g/mol. The molecule has 0 aliphatic rings. The molecule has 0 fully saturated rings. The molecule has 2 N–H and O–H groups in total. The predicted octanol–water partition coefficient (Wildman–Crippen LogP) is 14.2. The Kier molecular flexibility index (Phi) is 21.4. The lowest BCUT2D eigenvalue weighted by Crippen LogP contribution is -2.24. The maximum absolute atomic E-state index is 12.9. The van der Waals surface area contributed by atoms with Crippen LogP contribution in [0.5, 0.6) is 17.2 Å². The molecule has 0 radical (unpaired) electrons. The summed E-state index contributed by atoms with van der Waals surface area (Å²) in [7, 11) is 0. The van der Waals surface area contributed by atoms with Crippen LogP contribution in [0.2, 0.25) is 0 Å². The van der Waals surface area contributed by atoms with Gasteiger partial charge in [-0.05, 0) is 151 Å². The highest BCUT2D eigenvalue weighted by atomic mass is 19.4. The Morgan fingerprint density at radius 1 is 0.426 bits per heavy atom. The zero-order valence-corrected chi connectivity index (χ0v) is 50.2. The van der Waals surface area contributed by atoms with Crippen molar-refractivity contribution in [3.8, 4) is 50.6 Å². The fourth-order valence-corrected chi connectivity index (χ4v) is 9.60. The molecule has 25 heteroatoms. The Morgan fingerprint density at radius 2 is 0.766 bits per heavy atom. The minimum Gasteiger partial charge on any atom is -0.406 e. The fourth-order valence-electron chi connectivity index (χ4n) is 9.60. The molecular formula is C69H56F9N9O7. The zero-order valence-electron chi connectivity index (χ0n) is 50.2. The molecular weight excluding hydrogens is 1240 g/mol. The average molecular weight is 1290 g/mol. The van der Waals surface area contributed by atoms with Crippen LogP contribution in [0.4, 0.5) is 39.5 Å². The van der Waals surface area contributed by atoms with Crippen molar-refractivity contribution in [3.63, 3.8) is 0 Å². The number of nitrogens with one attached hydrogen (secondary N) is 1.